The number of nitrogens with zero attached hydrogens (tertiary/aromatic N) is 2. The zero-order chi connectivity index (χ0) is 19.6. The van der Waals surface area contributed by atoms with E-state index in [1.54, 1.807) is 6.07 Å². The molecule has 5 nitrogen and oxygen atoms in total. The largest absolute Gasteiger partial charge is 0.449 e. The molecule has 138 valence electrons. The Morgan fingerprint density at radius 3 is 2.46 bits per heavy atom. The molecule has 0 radical (unpaired) electrons. The Hall–Kier alpha value is -2.89. The van der Waals surface area contributed by atoms with Crippen molar-refractivity contribution >= 4 is 0 Å². The van der Waals surface area contributed by atoms with Crippen molar-refractivity contribution in [3.05, 3.63) is 51.2 Å². The summed E-state index contributed by atoms with van der Waals surface area (Å²) in [4.78, 5) is 18.1. The first-order valence-corrected chi connectivity index (χ1v) is 7.46. The third-order valence-electron chi connectivity index (χ3n) is 3.93. The lowest BCUT2D eigenvalue weighted by Crippen LogP contribution is -2.31. The van der Waals surface area contributed by atoms with E-state index in [2.05, 4.69) is 9.97 Å². The Morgan fingerprint density at radius 1 is 1.27 bits per heavy atom. The van der Waals surface area contributed by atoms with Crippen LogP contribution in [0, 0.1) is 18.3 Å². The number of nitriles is 1. The summed E-state index contributed by atoms with van der Waals surface area (Å²) < 4.78 is 58.2. The number of aromatic amines is 1. The van der Waals surface area contributed by atoms with Crippen LogP contribution in [-0.2, 0) is 5.41 Å². The number of hydrogen-bond donors (Lipinski definition) is 1. The second-order valence-electron chi connectivity index (χ2n) is 6.14. The maximum Gasteiger partial charge on any atom is 0.294 e. The average molecular weight is 369 g/mol. The van der Waals surface area contributed by atoms with Crippen molar-refractivity contribution in [2.75, 3.05) is 0 Å². The minimum absolute atomic E-state index is 0.0761. The lowest BCUT2D eigenvalue weighted by molar-refractivity contribution is 0.0656. The molecular weight excluding hydrogens is 354 g/mol. The molecule has 1 aromatic heterocycles. The van der Waals surface area contributed by atoms with Crippen LogP contribution in [0.2, 0.25) is 0 Å². The maximum atomic E-state index is 13.4. The first-order valence-electron chi connectivity index (χ1n) is 7.46. The molecule has 0 atom stereocenters. The lowest BCUT2D eigenvalue weighted by Gasteiger charge is -2.24. The highest BCUT2D eigenvalue weighted by Crippen LogP contribution is 2.37. The van der Waals surface area contributed by atoms with E-state index in [1.807, 2.05) is 0 Å². The number of alkyl halides is 4. The summed E-state index contributed by atoms with van der Waals surface area (Å²) in [7, 11) is 0. The number of aromatic nitrogens is 2. The standard InChI is InChI=1S/C17H15F4N3O2/c1-8-10(6-22)4-9(14(18)19)5-11(8)26-12-13(17(2,3)16(20)21)23-7-24-15(12)25/h4-5,7,14,16H,1-3H3,(H,23,24,25). The van der Waals surface area contributed by atoms with Crippen molar-refractivity contribution < 1.29 is 22.3 Å². The van der Waals surface area contributed by atoms with E-state index in [0.29, 0.717) is 0 Å². The summed E-state index contributed by atoms with van der Waals surface area (Å²) in [6, 6.07) is 3.73. The number of rotatable bonds is 5. The van der Waals surface area contributed by atoms with Gasteiger partial charge in [0.25, 0.3) is 12.0 Å². The molecule has 0 amide bonds. The molecule has 0 spiro atoms. The molecule has 0 aliphatic carbocycles. The van der Waals surface area contributed by atoms with Crippen LogP contribution >= 0.6 is 0 Å². The Kier molecular flexibility index (Phi) is 5.35. The lowest BCUT2D eigenvalue weighted by atomic mass is 9.89. The van der Waals surface area contributed by atoms with Crippen LogP contribution < -0.4 is 10.3 Å². The fraction of sp³-hybridized carbons (Fsp3) is 0.353. The highest BCUT2D eigenvalue weighted by molar-refractivity contribution is 5.51. The predicted molar refractivity (Wildman–Crippen MR) is 84.8 cm³/mol. The van der Waals surface area contributed by atoms with Gasteiger partial charge in [-0.1, -0.05) is 0 Å². The van der Waals surface area contributed by atoms with Crippen molar-refractivity contribution in [2.45, 2.75) is 39.0 Å². The van der Waals surface area contributed by atoms with Gasteiger partial charge in [-0.05, 0) is 32.9 Å². The van der Waals surface area contributed by atoms with Gasteiger partial charge < -0.3 is 9.72 Å². The van der Waals surface area contributed by atoms with Crippen LogP contribution in [-0.4, -0.2) is 16.4 Å². The Balaban J connectivity index is 2.66. The van der Waals surface area contributed by atoms with Crippen molar-refractivity contribution in [1.29, 1.82) is 5.26 Å². The summed E-state index contributed by atoms with van der Waals surface area (Å²) >= 11 is 0. The molecule has 0 aliphatic rings. The van der Waals surface area contributed by atoms with Gasteiger partial charge in [-0.2, -0.15) is 5.26 Å². The molecular formula is C17H15F4N3O2. The van der Waals surface area contributed by atoms with Gasteiger partial charge >= 0.3 is 0 Å². The molecule has 26 heavy (non-hydrogen) atoms. The number of ether oxygens (including phenoxy) is 1. The monoisotopic (exact) mass is 369 g/mol. The van der Waals surface area contributed by atoms with Crippen LogP contribution in [0.4, 0.5) is 17.6 Å². The SMILES string of the molecule is Cc1c(C#N)cc(C(F)F)cc1Oc1c(C(C)(C)C(F)F)nc[nH]c1=O. The zero-order valence-electron chi connectivity index (χ0n) is 14.1. The molecule has 1 N–H and O–H groups in total. The fourth-order valence-electron chi connectivity index (χ4n) is 2.21. The van der Waals surface area contributed by atoms with E-state index in [1.165, 1.54) is 20.8 Å². The summed E-state index contributed by atoms with van der Waals surface area (Å²) in [6.07, 6.45) is -4.78. The number of hydrogen-bond acceptors (Lipinski definition) is 4. The molecule has 0 aliphatic heterocycles. The van der Waals surface area contributed by atoms with E-state index in [4.69, 9.17) is 10.00 Å². The van der Waals surface area contributed by atoms with Gasteiger partial charge in [-0.3, -0.25) is 4.79 Å². The number of halogens is 4. The smallest absolute Gasteiger partial charge is 0.294 e. The first-order chi connectivity index (χ1) is 12.1. The minimum Gasteiger partial charge on any atom is -0.449 e. The molecule has 0 bridgehead atoms. The van der Waals surface area contributed by atoms with Gasteiger partial charge in [-0.25, -0.2) is 22.5 Å². The van der Waals surface area contributed by atoms with E-state index in [9.17, 15) is 22.4 Å². The normalized spacial score (nSPS) is 11.7. The molecule has 0 fully saturated rings. The maximum absolute atomic E-state index is 13.4. The number of H-pyrrole nitrogens is 1. The molecule has 0 saturated heterocycles. The minimum atomic E-state index is -2.88. The van der Waals surface area contributed by atoms with Crippen LogP contribution in [0.25, 0.3) is 0 Å². The van der Waals surface area contributed by atoms with Gasteiger partial charge in [0.2, 0.25) is 12.2 Å². The fourth-order valence-corrected chi connectivity index (χ4v) is 2.21. The second kappa shape index (κ2) is 7.15. The molecule has 1 aromatic carbocycles. The van der Waals surface area contributed by atoms with E-state index >= 15 is 0 Å². The van der Waals surface area contributed by atoms with Crippen molar-refractivity contribution in [1.82, 2.24) is 9.97 Å². The van der Waals surface area contributed by atoms with Crippen LogP contribution in [0.5, 0.6) is 11.5 Å². The van der Waals surface area contributed by atoms with Crippen molar-refractivity contribution in [2.24, 2.45) is 0 Å². The number of benzene rings is 1. The third kappa shape index (κ3) is 3.54. The Morgan fingerprint density at radius 2 is 1.92 bits per heavy atom. The molecule has 2 rings (SSSR count). The predicted octanol–water partition coefficient (Wildman–Crippen LogP) is 4.22. The van der Waals surface area contributed by atoms with Crippen LogP contribution in [0.15, 0.2) is 23.3 Å². The van der Waals surface area contributed by atoms with E-state index in [0.717, 1.165) is 18.5 Å². The molecule has 2 aromatic rings. The van der Waals surface area contributed by atoms with Gasteiger partial charge in [0.1, 0.15) is 11.4 Å². The van der Waals surface area contributed by atoms with Gasteiger partial charge in [0.05, 0.1) is 23.4 Å². The van der Waals surface area contributed by atoms with Crippen LogP contribution in [0.1, 0.15) is 42.7 Å². The van der Waals surface area contributed by atoms with Gasteiger partial charge in [0.15, 0.2) is 0 Å². The van der Waals surface area contributed by atoms with Gasteiger partial charge in [0, 0.05) is 11.1 Å². The highest BCUT2D eigenvalue weighted by atomic mass is 19.3. The Bertz CT molecular complexity index is 917. The average Bonchev–Trinajstić information content (AvgIpc) is 2.57. The van der Waals surface area contributed by atoms with Crippen LogP contribution in [0.3, 0.4) is 0 Å². The molecule has 0 unspecified atom stereocenters. The van der Waals surface area contributed by atoms with Crippen molar-refractivity contribution in [3.8, 4) is 17.6 Å². The summed E-state index contributed by atoms with van der Waals surface area (Å²) in [5, 5.41) is 9.10. The molecule has 9 heteroatoms. The summed E-state index contributed by atoms with van der Waals surface area (Å²) in [5.74, 6) is -0.736. The van der Waals surface area contributed by atoms with Gasteiger partial charge in [-0.15, -0.1) is 0 Å². The summed E-state index contributed by atoms with van der Waals surface area (Å²) in [5.41, 5.74) is -3.36. The van der Waals surface area contributed by atoms with E-state index < -0.39 is 35.1 Å². The second-order valence-corrected chi connectivity index (χ2v) is 6.14. The van der Waals surface area contributed by atoms with Crippen molar-refractivity contribution in [3.63, 3.8) is 0 Å². The molecule has 0 saturated carbocycles. The van der Waals surface area contributed by atoms with E-state index in [-0.39, 0.29) is 22.6 Å². The number of nitrogens with one attached hydrogen (secondary N) is 1. The zero-order valence-corrected chi connectivity index (χ0v) is 14.1. The topological polar surface area (TPSA) is 78.8 Å². The molecule has 1 heterocycles. The Labute approximate surface area is 146 Å². The quantitative estimate of drug-likeness (QED) is 0.801. The third-order valence-corrected chi connectivity index (χ3v) is 3.93. The first kappa shape index (κ1) is 19.4. The summed E-state index contributed by atoms with van der Waals surface area (Å²) in [6.45, 7) is 3.79. The highest BCUT2D eigenvalue weighted by Gasteiger charge is 2.37.